The van der Waals surface area contributed by atoms with Crippen LogP contribution in [0.15, 0.2) is 23.7 Å². The fourth-order valence-electron chi connectivity index (χ4n) is 3.48. The standard InChI is InChI=1S/C19H23ClN6O3S/c20-14-1-2-16(21-11-14)25-5-3-13(4-6-25)17(27)23-24-18(28)15-12-30-19(22-15)26-7-9-29-10-8-26/h1-2,11-13H,3-10H2,(H,23,27)(H,24,28). The molecule has 30 heavy (non-hydrogen) atoms. The molecule has 2 aliphatic heterocycles. The van der Waals surface area contributed by atoms with Crippen LogP contribution in [0.25, 0.3) is 0 Å². The zero-order chi connectivity index (χ0) is 20.9. The number of halogens is 1. The lowest BCUT2D eigenvalue weighted by atomic mass is 9.96. The molecule has 2 aromatic rings. The van der Waals surface area contributed by atoms with Gasteiger partial charge in [0.2, 0.25) is 5.91 Å². The summed E-state index contributed by atoms with van der Waals surface area (Å²) in [7, 11) is 0. The lowest BCUT2D eigenvalue weighted by molar-refractivity contribution is -0.126. The van der Waals surface area contributed by atoms with E-state index >= 15 is 0 Å². The molecule has 2 saturated heterocycles. The maximum absolute atomic E-state index is 12.5. The molecule has 2 aliphatic rings. The number of morpholine rings is 1. The molecule has 11 heteroatoms. The molecular weight excluding hydrogens is 428 g/mol. The molecule has 0 atom stereocenters. The zero-order valence-electron chi connectivity index (χ0n) is 16.3. The minimum absolute atomic E-state index is 0.159. The van der Waals surface area contributed by atoms with Gasteiger partial charge in [-0.25, -0.2) is 9.97 Å². The van der Waals surface area contributed by atoms with Crippen LogP contribution in [0.1, 0.15) is 23.3 Å². The first-order valence-electron chi connectivity index (χ1n) is 9.85. The Hall–Kier alpha value is -2.43. The molecule has 2 amide bonds. The van der Waals surface area contributed by atoms with E-state index in [-0.39, 0.29) is 11.8 Å². The van der Waals surface area contributed by atoms with E-state index in [2.05, 4.69) is 30.6 Å². The molecule has 9 nitrogen and oxygen atoms in total. The van der Waals surface area contributed by atoms with Crippen molar-refractivity contribution in [2.24, 2.45) is 5.92 Å². The second-order valence-corrected chi connectivity index (χ2v) is 8.43. The summed E-state index contributed by atoms with van der Waals surface area (Å²) in [5, 5.41) is 3.09. The van der Waals surface area contributed by atoms with Crippen LogP contribution < -0.4 is 20.7 Å². The molecule has 0 aromatic carbocycles. The molecule has 0 radical (unpaired) electrons. The van der Waals surface area contributed by atoms with E-state index < -0.39 is 5.91 Å². The summed E-state index contributed by atoms with van der Waals surface area (Å²) in [6, 6.07) is 3.68. The van der Waals surface area contributed by atoms with Gasteiger partial charge in [0, 0.05) is 43.7 Å². The van der Waals surface area contributed by atoms with Crippen LogP contribution >= 0.6 is 22.9 Å². The van der Waals surface area contributed by atoms with Crippen molar-refractivity contribution in [1.29, 1.82) is 0 Å². The summed E-state index contributed by atoms with van der Waals surface area (Å²) < 4.78 is 5.33. The predicted octanol–water partition coefficient (Wildman–Crippen LogP) is 1.71. The highest BCUT2D eigenvalue weighted by atomic mass is 35.5. The van der Waals surface area contributed by atoms with Crippen molar-refractivity contribution in [3.05, 3.63) is 34.4 Å². The third kappa shape index (κ3) is 5.00. The molecule has 0 bridgehead atoms. The van der Waals surface area contributed by atoms with Crippen LogP contribution in [0.5, 0.6) is 0 Å². The Labute approximate surface area is 183 Å². The summed E-state index contributed by atoms with van der Waals surface area (Å²) >= 11 is 7.29. The number of hydrogen-bond acceptors (Lipinski definition) is 8. The van der Waals surface area contributed by atoms with Crippen LogP contribution in [0.3, 0.4) is 0 Å². The molecule has 0 aliphatic carbocycles. The first-order valence-corrected chi connectivity index (χ1v) is 11.1. The van der Waals surface area contributed by atoms with Crippen molar-refractivity contribution in [1.82, 2.24) is 20.8 Å². The average Bonchev–Trinajstić information content (AvgIpc) is 3.29. The van der Waals surface area contributed by atoms with Crippen LogP contribution in [-0.4, -0.2) is 61.2 Å². The number of thiazole rings is 1. The third-order valence-corrected chi connectivity index (χ3v) is 6.33. The molecule has 2 N–H and O–H groups in total. The second kappa shape index (κ2) is 9.59. The molecule has 4 heterocycles. The summed E-state index contributed by atoms with van der Waals surface area (Å²) in [6.45, 7) is 4.27. The van der Waals surface area contributed by atoms with Gasteiger partial charge in [0.25, 0.3) is 5.91 Å². The SMILES string of the molecule is O=C(NNC(=O)C1CCN(c2ccc(Cl)cn2)CC1)c1csc(N2CCOCC2)n1. The van der Waals surface area contributed by atoms with Gasteiger partial charge in [0.1, 0.15) is 11.5 Å². The maximum atomic E-state index is 12.5. The Morgan fingerprint density at radius 2 is 1.87 bits per heavy atom. The van der Waals surface area contributed by atoms with Crippen molar-refractivity contribution < 1.29 is 14.3 Å². The Balaban J connectivity index is 1.23. The highest BCUT2D eigenvalue weighted by Gasteiger charge is 2.26. The van der Waals surface area contributed by atoms with Crippen LogP contribution in [-0.2, 0) is 9.53 Å². The van der Waals surface area contributed by atoms with Gasteiger partial charge in [0.15, 0.2) is 5.13 Å². The summed E-state index contributed by atoms with van der Waals surface area (Å²) in [6.07, 6.45) is 2.99. The van der Waals surface area contributed by atoms with E-state index in [1.54, 1.807) is 17.6 Å². The smallest absolute Gasteiger partial charge is 0.289 e. The Morgan fingerprint density at radius 3 is 2.57 bits per heavy atom. The monoisotopic (exact) mass is 450 g/mol. The van der Waals surface area contributed by atoms with E-state index in [9.17, 15) is 9.59 Å². The summed E-state index contributed by atoms with van der Waals surface area (Å²) in [4.78, 5) is 37.7. The van der Waals surface area contributed by atoms with E-state index in [4.69, 9.17) is 16.3 Å². The fourth-order valence-corrected chi connectivity index (χ4v) is 4.45. The van der Waals surface area contributed by atoms with Crippen molar-refractivity contribution in [2.75, 3.05) is 49.2 Å². The first-order chi connectivity index (χ1) is 14.6. The second-order valence-electron chi connectivity index (χ2n) is 7.15. The normalized spacial score (nSPS) is 17.6. The molecule has 4 rings (SSSR count). The largest absolute Gasteiger partial charge is 0.378 e. The molecule has 2 fully saturated rings. The first kappa shape index (κ1) is 20.8. The fraction of sp³-hybridized carbons (Fsp3) is 0.474. The Morgan fingerprint density at radius 1 is 1.10 bits per heavy atom. The van der Waals surface area contributed by atoms with Gasteiger partial charge in [-0.15, -0.1) is 11.3 Å². The lowest BCUT2D eigenvalue weighted by Gasteiger charge is -2.32. The number of anilines is 2. The van der Waals surface area contributed by atoms with Gasteiger partial charge in [0.05, 0.1) is 18.2 Å². The molecule has 0 spiro atoms. The van der Waals surface area contributed by atoms with Gasteiger partial charge in [-0.3, -0.25) is 20.4 Å². The number of piperidine rings is 1. The topological polar surface area (TPSA) is 99.7 Å². The minimum Gasteiger partial charge on any atom is -0.378 e. The Bertz CT molecular complexity index is 879. The van der Waals surface area contributed by atoms with Crippen LogP contribution in [0, 0.1) is 5.92 Å². The number of hydrazine groups is 1. The molecule has 0 unspecified atom stereocenters. The van der Waals surface area contributed by atoms with Crippen molar-refractivity contribution in [3.63, 3.8) is 0 Å². The molecular formula is C19H23ClN6O3S. The number of carbonyl (C=O) groups is 2. The number of amides is 2. The lowest BCUT2D eigenvalue weighted by Crippen LogP contribution is -2.47. The summed E-state index contributed by atoms with van der Waals surface area (Å²) in [5.41, 5.74) is 5.32. The molecule has 2 aromatic heterocycles. The van der Waals surface area contributed by atoms with Crippen molar-refractivity contribution in [2.45, 2.75) is 12.8 Å². The van der Waals surface area contributed by atoms with Gasteiger partial charge >= 0.3 is 0 Å². The van der Waals surface area contributed by atoms with E-state index in [1.165, 1.54) is 11.3 Å². The van der Waals surface area contributed by atoms with Crippen LogP contribution in [0.4, 0.5) is 10.9 Å². The van der Waals surface area contributed by atoms with Gasteiger partial charge in [-0.05, 0) is 25.0 Å². The highest BCUT2D eigenvalue weighted by molar-refractivity contribution is 7.13. The minimum atomic E-state index is -0.415. The van der Waals surface area contributed by atoms with E-state index in [0.29, 0.717) is 36.8 Å². The van der Waals surface area contributed by atoms with E-state index in [1.807, 2.05) is 6.07 Å². The maximum Gasteiger partial charge on any atom is 0.289 e. The number of aromatic nitrogens is 2. The number of carbonyl (C=O) groups excluding carboxylic acids is 2. The number of nitrogens with zero attached hydrogens (tertiary/aromatic N) is 4. The highest BCUT2D eigenvalue weighted by Crippen LogP contribution is 2.23. The predicted molar refractivity (Wildman–Crippen MR) is 115 cm³/mol. The summed E-state index contributed by atoms with van der Waals surface area (Å²) in [5.74, 6) is 0.0944. The van der Waals surface area contributed by atoms with Crippen LogP contribution in [0.2, 0.25) is 5.02 Å². The average molecular weight is 451 g/mol. The van der Waals surface area contributed by atoms with Gasteiger partial charge in [-0.2, -0.15) is 0 Å². The number of nitrogens with one attached hydrogen (secondary N) is 2. The number of pyridine rings is 1. The number of hydrogen-bond donors (Lipinski definition) is 2. The molecule has 0 saturated carbocycles. The van der Waals surface area contributed by atoms with Gasteiger partial charge < -0.3 is 14.5 Å². The third-order valence-electron chi connectivity index (χ3n) is 5.21. The quantitative estimate of drug-likeness (QED) is 0.684. The molecule has 160 valence electrons. The van der Waals surface area contributed by atoms with Crippen molar-refractivity contribution >= 4 is 45.7 Å². The number of rotatable bonds is 4. The Kier molecular flexibility index (Phi) is 6.66. The number of ether oxygens (including phenoxy) is 1. The zero-order valence-corrected chi connectivity index (χ0v) is 17.9. The van der Waals surface area contributed by atoms with Gasteiger partial charge in [-0.1, -0.05) is 11.6 Å². The van der Waals surface area contributed by atoms with Crippen molar-refractivity contribution in [3.8, 4) is 0 Å². The van der Waals surface area contributed by atoms with E-state index in [0.717, 1.165) is 37.1 Å².